The lowest BCUT2D eigenvalue weighted by molar-refractivity contribution is 0.0988. The second-order valence-electron chi connectivity index (χ2n) is 7.92. The summed E-state index contributed by atoms with van der Waals surface area (Å²) in [5.74, 6) is 1.27. The summed E-state index contributed by atoms with van der Waals surface area (Å²) in [5.41, 5.74) is 5.30. The number of nitrogens with one attached hydrogen (secondary N) is 1. The Balaban J connectivity index is 1.66. The standard InChI is InChI=1S/C27H24N4O4/c1-33-20-14-10-18(11-15-20)24-23-25(30-29-24)27(32)31(19-12-8-17(9-13-19)16-28-35-3)26(23)21-6-4-5-7-22(21)34-2/h4-16,26H,1-3H3,(H,29,30). The molecular weight excluding hydrogens is 444 g/mol. The van der Waals surface area contributed by atoms with Gasteiger partial charge in [-0.05, 0) is 48.0 Å². The van der Waals surface area contributed by atoms with Gasteiger partial charge in [-0.1, -0.05) is 35.5 Å². The number of carbonyl (C=O) groups excluding carboxylic acids is 1. The van der Waals surface area contributed by atoms with Crippen molar-refractivity contribution in [3.05, 3.63) is 95.2 Å². The van der Waals surface area contributed by atoms with E-state index in [1.165, 1.54) is 7.11 Å². The Bertz CT molecular complexity index is 1380. The molecule has 0 saturated heterocycles. The van der Waals surface area contributed by atoms with Gasteiger partial charge in [0.1, 0.15) is 24.3 Å². The fourth-order valence-electron chi connectivity index (χ4n) is 4.40. The zero-order valence-electron chi connectivity index (χ0n) is 19.6. The predicted octanol–water partition coefficient (Wildman–Crippen LogP) is 4.82. The van der Waals surface area contributed by atoms with Gasteiger partial charge in [0.2, 0.25) is 0 Å². The van der Waals surface area contributed by atoms with Crippen molar-refractivity contribution in [1.29, 1.82) is 0 Å². The Morgan fingerprint density at radius 3 is 2.37 bits per heavy atom. The van der Waals surface area contributed by atoms with Crippen LogP contribution in [0.15, 0.2) is 78.0 Å². The molecule has 8 nitrogen and oxygen atoms in total. The molecular formula is C27H24N4O4. The molecule has 1 N–H and O–H groups in total. The van der Waals surface area contributed by atoms with Crippen molar-refractivity contribution < 1.29 is 19.1 Å². The van der Waals surface area contributed by atoms with E-state index in [9.17, 15) is 4.79 Å². The summed E-state index contributed by atoms with van der Waals surface area (Å²) in [4.78, 5) is 20.3. The van der Waals surface area contributed by atoms with Crippen LogP contribution in [0, 0.1) is 0 Å². The zero-order valence-corrected chi connectivity index (χ0v) is 19.6. The highest BCUT2D eigenvalue weighted by molar-refractivity contribution is 6.12. The van der Waals surface area contributed by atoms with Gasteiger partial charge in [0.15, 0.2) is 0 Å². The van der Waals surface area contributed by atoms with Crippen molar-refractivity contribution in [1.82, 2.24) is 10.2 Å². The van der Waals surface area contributed by atoms with Gasteiger partial charge in [0, 0.05) is 22.4 Å². The first-order valence-electron chi connectivity index (χ1n) is 11.0. The quantitative estimate of drug-likeness (QED) is 0.310. The van der Waals surface area contributed by atoms with Gasteiger partial charge in [0.25, 0.3) is 5.91 Å². The summed E-state index contributed by atoms with van der Waals surface area (Å²) in [5, 5.41) is 11.3. The smallest absolute Gasteiger partial charge is 0.277 e. The van der Waals surface area contributed by atoms with E-state index in [0.717, 1.165) is 33.7 Å². The van der Waals surface area contributed by atoms with Crippen LogP contribution >= 0.6 is 0 Å². The highest BCUT2D eigenvalue weighted by Gasteiger charge is 2.44. The highest BCUT2D eigenvalue weighted by Crippen LogP contribution is 2.47. The molecule has 0 saturated carbocycles. The minimum Gasteiger partial charge on any atom is -0.497 e. The zero-order chi connectivity index (χ0) is 24.4. The molecule has 1 amide bonds. The number of aromatic nitrogens is 2. The SMILES string of the molecule is CON=Cc1ccc(N2C(=O)c3[nH]nc(-c4ccc(OC)cc4)c3C2c2ccccc2OC)cc1. The molecule has 0 aliphatic carbocycles. The van der Waals surface area contributed by atoms with Crippen molar-refractivity contribution in [2.45, 2.75) is 6.04 Å². The molecule has 1 aliphatic rings. The van der Waals surface area contributed by atoms with Crippen LogP contribution in [0.3, 0.4) is 0 Å². The van der Waals surface area contributed by atoms with Gasteiger partial charge in [-0.2, -0.15) is 5.10 Å². The molecule has 1 unspecified atom stereocenters. The number of fused-ring (bicyclic) bond motifs is 1. The van der Waals surface area contributed by atoms with Crippen molar-refractivity contribution in [2.24, 2.45) is 5.16 Å². The van der Waals surface area contributed by atoms with E-state index in [4.69, 9.17) is 14.3 Å². The monoisotopic (exact) mass is 468 g/mol. The molecule has 4 aromatic rings. The Kier molecular flexibility index (Phi) is 5.93. The maximum absolute atomic E-state index is 13.7. The summed E-state index contributed by atoms with van der Waals surface area (Å²) in [6, 6.07) is 22.5. The van der Waals surface area contributed by atoms with Crippen molar-refractivity contribution in [2.75, 3.05) is 26.2 Å². The third kappa shape index (κ3) is 3.89. The van der Waals surface area contributed by atoms with E-state index in [2.05, 4.69) is 15.4 Å². The number of anilines is 1. The lowest BCUT2D eigenvalue weighted by Crippen LogP contribution is -2.29. The third-order valence-corrected chi connectivity index (χ3v) is 6.04. The number of para-hydroxylation sites is 1. The lowest BCUT2D eigenvalue weighted by atomic mass is 9.95. The van der Waals surface area contributed by atoms with Crippen LogP contribution in [0.25, 0.3) is 11.3 Å². The fraction of sp³-hybridized carbons (Fsp3) is 0.148. The second-order valence-corrected chi connectivity index (χ2v) is 7.92. The summed E-state index contributed by atoms with van der Waals surface area (Å²) in [6.07, 6.45) is 1.61. The molecule has 1 aliphatic heterocycles. The van der Waals surface area contributed by atoms with Crippen LogP contribution in [0.4, 0.5) is 5.69 Å². The fourth-order valence-corrected chi connectivity index (χ4v) is 4.40. The summed E-state index contributed by atoms with van der Waals surface area (Å²) in [7, 11) is 4.75. The van der Waals surface area contributed by atoms with Crippen LogP contribution in [-0.2, 0) is 4.84 Å². The molecule has 5 rings (SSSR count). The molecule has 3 aromatic carbocycles. The molecule has 0 bridgehead atoms. The molecule has 1 atom stereocenters. The number of H-pyrrole nitrogens is 1. The normalized spacial score (nSPS) is 14.9. The van der Waals surface area contributed by atoms with Crippen LogP contribution in [-0.4, -0.2) is 43.6 Å². The number of amides is 1. The number of ether oxygens (including phenoxy) is 2. The van der Waals surface area contributed by atoms with Gasteiger partial charge < -0.3 is 14.3 Å². The van der Waals surface area contributed by atoms with Crippen molar-refractivity contribution in [3.8, 4) is 22.8 Å². The highest BCUT2D eigenvalue weighted by atomic mass is 16.6. The average Bonchev–Trinajstić information content (AvgIpc) is 3.46. The number of carbonyl (C=O) groups is 1. The molecule has 1 aromatic heterocycles. The molecule has 0 radical (unpaired) electrons. The minimum atomic E-state index is -0.442. The van der Waals surface area contributed by atoms with Gasteiger partial charge in [-0.25, -0.2) is 0 Å². The van der Waals surface area contributed by atoms with E-state index >= 15 is 0 Å². The Labute approximate surface area is 202 Å². The van der Waals surface area contributed by atoms with E-state index in [0.29, 0.717) is 17.1 Å². The molecule has 8 heteroatoms. The predicted molar refractivity (Wildman–Crippen MR) is 133 cm³/mol. The Hall–Kier alpha value is -4.59. The number of methoxy groups -OCH3 is 2. The van der Waals surface area contributed by atoms with E-state index in [-0.39, 0.29) is 5.91 Å². The first-order valence-corrected chi connectivity index (χ1v) is 11.0. The number of rotatable bonds is 7. The van der Waals surface area contributed by atoms with Crippen LogP contribution in [0.2, 0.25) is 0 Å². The molecule has 35 heavy (non-hydrogen) atoms. The molecule has 176 valence electrons. The van der Waals surface area contributed by atoms with E-state index in [1.54, 1.807) is 25.3 Å². The average molecular weight is 469 g/mol. The molecule has 0 spiro atoms. The van der Waals surface area contributed by atoms with Gasteiger partial charge in [-0.15, -0.1) is 0 Å². The molecule has 2 heterocycles. The van der Waals surface area contributed by atoms with Crippen LogP contribution in [0.5, 0.6) is 11.5 Å². The maximum atomic E-state index is 13.7. The first kappa shape index (κ1) is 22.2. The maximum Gasteiger partial charge on any atom is 0.277 e. The molecule has 0 fully saturated rings. The van der Waals surface area contributed by atoms with Gasteiger partial charge >= 0.3 is 0 Å². The second kappa shape index (κ2) is 9.34. The summed E-state index contributed by atoms with van der Waals surface area (Å²) < 4.78 is 11.0. The Morgan fingerprint density at radius 2 is 1.69 bits per heavy atom. The minimum absolute atomic E-state index is 0.165. The first-order chi connectivity index (χ1) is 17.2. The van der Waals surface area contributed by atoms with Crippen molar-refractivity contribution in [3.63, 3.8) is 0 Å². The summed E-state index contributed by atoms with van der Waals surface area (Å²) in [6.45, 7) is 0. The van der Waals surface area contributed by atoms with Crippen LogP contribution in [0.1, 0.15) is 33.2 Å². The number of benzene rings is 3. The topological polar surface area (TPSA) is 89.0 Å². The number of hydrogen-bond donors (Lipinski definition) is 1. The largest absolute Gasteiger partial charge is 0.497 e. The van der Waals surface area contributed by atoms with E-state index < -0.39 is 6.04 Å². The van der Waals surface area contributed by atoms with Crippen LogP contribution < -0.4 is 14.4 Å². The number of oxime groups is 1. The number of aromatic amines is 1. The van der Waals surface area contributed by atoms with Gasteiger partial charge in [-0.3, -0.25) is 14.8 Å². The number of nitrogens with zero attached hydrogens (tertiary/aromatic N) is 3. The third-order valence-electron chi connectivity index (χ3n) is 6.04. The summed E-state index contributed by atoms with van der Waals surface area (Å²) >= 11 is 0. The Morgan fingerprint density at radius 1 is 0.943 bits per heavy atom. The number of hydrogen-bond acceptors (Lipinski definition) is 6. The van der Waals surface area contributed by atoms with Gasteiger partial charge in [0.05, 0.1) is 32.2 Å². The lowest BCUT2D eigenvalue weighted by Gasteiger charge is -2.27. The van der Waals surface area contributed by atoms with E-state index in [1.807, 2.05) is 72.8 Å². The van der Waals surface area contributed by atoms with Crippen molar-refractivity contribution >= 4 is 17.8 Å².